The molecule has 18 heavy (non-hydrogen) atoms. The molecule has 0 fully saturated rings. The van der Waals surface area contributed by atoms with E-state index in [0.29, 0.717) is 16.8 Å². The van der Waals surface area contributed by atoms with Crippen molar-refractivity contribution in [3.63, 3.8) is 0 Å². The Hall–Kier alpha value is -0.800. The monoisotopic (exact) mass is 273 g/mol. The zero-order valence-electron chi connectivity index (χ0n) is 11.2. The Morgan fingerprint density at radius 3 is 2.67 bits per heavy atom. The van der Waals surface area contributed by atoms with Gasteiger partial charge in [0.15, 0.2) is 0 Å². The predicted octanol–water partition coefficient (Wildman–Crippen LogP) is 4.02. The van der Waals surface area contributed by atoms with Crippen molar-refractivity contribution in [3.8, 4) is 5.75 Å². The van der Waals surface area contributed by atoms with Gasteiger partial charge in [-0.25, -0.2) is 4.39 Å². The van der Waals surface area contributed by atoms with Gasteiger partial charge < -0.3 is 10.1 Å². The van der Waals surface area contributed by atoms with E-state index < -0.39 is 0 Å². The largest absolute Gasteiger partial charge is 0.488 e. The van der Waals surface area contributed by atoms with Crippen molar-refractivity contribution >= 4 is 11.6 Å². The minimum Gasteiger partial charge on any atom is -0.488 e. The number of nitrogens with one attached hydrogen (secondary N) is 1. The van der Waals surface area contributed by atoms with E-state index >= 15 is 0 Å². The van der Waals surface area contributed by atoms with E-state index in [1.807, 2.05) is 0 Å². The third-order valence-corrected chi connectivity index (χ3v) is 2.85. The molecule has 0 aliphatic rings. The zero-order chi connectivity index (χ0) is 13.5. The molecular weight excluding hydrogens is 253 g/mol. The van der Waals surface area contributed by atoms with Gasteiger partial charge in [0.2, 0.25) is 0 Å². The Morgan fingerprint density at radius 1 is 1.39 bits per heavy atom. The van der Waals surface area contributed by atoms with Gasteiger partial charge in [0.05, 0.1) is 5.02 Å². The van der Waals surface area contributed by atoms with Crippen LogP contribution >= 0.6 is 11.6 Å². The number of ether oxygens (including phenoxy) is 1. The van der Waals surface area contributed by atoms with E-state index in [9.17, 15) is 4.39 Å². The van der Waals surface area contributed by atoms with Crippen LogP contribution in [0.15, 0.2) is 18.2 Å². The van der Waals surface area contributed by atoms with Crippen LogP contribution in [-0.2, 0) is 0 Å². The third kappa shape index (κ3) is 5.23. The normalized spacial score (nSPS) is 12.8. The quantitative estimate of drug-likeness (QED) is 0.810. The molecule has 0 bridgehead atoms. The highest BCUT2D eigenvalue weighted by atomic mass is 35.5. The average Bonchev–Trinajstić information content (AvgIpc) is 2.29. The van der Waals surface area contributed by atoms with Crippen LogP contribution in [0, 0.1) is 5.82 Å². The fourth-order valence-electron chi connectivity index (χ4n) is 1.64. The van der Waals surface area contributed by atoms with Crippen LogP contribution in [0.5, 0.6) is 5.75 Å². The highest BCUT2D eigenvalue weighted by Gasteiger charge is 2.12. The average molecular weight is 274 g/mol. The molecule has 0 radical (unpaired) electrons. The second kappa shape index (κ2) is 7.59. The molecular formula is C14H21ClFNO. The molecule has 0 saturated carbocycles. The molecule has 0 aliphatic carbocycles. The molecule has 4 heteroatoms. The first-order chi connectivity index (χ1) is 8.52. The van der Waals surface area contributed by atoms with Gasteiger partial charge in [-0.05, 0) is 24.6 Å². The Labute approximate surface area is 113 Å². The molecule has 102 valence electrons. The summed E-state index contributed by atoms with van der Waals surface area (Å²) in [4.78, 5) is 0. The van der Waals surface area contributed by atoms with Crippen molar-refractivity contribution in [1.82, 2.24) is 5.32 Å². The second-order valence-electron chi connectivity index (χ2n) is 4.67. The van der Waals surface area contributed by atoms with Gasteiger partial charge in [0.1, 0.15) is 17.7 Å². The third-order valence-electron chi connectivity index (χ3n) is 2.55. The zero-order valence-corrected chi connectivity index (χ0v) is 11.9. The van der Waals surface area contributed by atoms with E-state index in [0.717, 1.165) is 19.4 Å². The van der Waals surface area contributed by atoms with Crippen molar-refractivity contribution in [2.75, 3.05) is 6.54 Å². The van der Waals surface area contributed by atoms with Crippen molar-refractivity contribution in [2.45, 2.75) is 45.8 Å². The Balaban J connectivity index is 2.64. The summed E-state index contributed by atoms with van der Waals surface area (Å²) in [5.74, 6) is 0.196. The number of benzene rings is 1. The van der Waals surface area contributed by atoms with Crippen LogP contribution in [0.1, 0.15) is 33.6 Å². The number of halogens is 2. The van der Waals surface area contributed by atoms with Crippen LogP contribution in [0.3, 0.4) is 0 Å². The molecule has 0 aromatic heterocycles. The van der Waals surface area contributed by atoms with E-state index in [1.165, 1.54) is 12.1 Å². The molecule has 2 nitrogen and oxygen atoms in total. The maximum atomic E-state index is 12.9. The molecule has 1 rings (SSSR count). The van der Waals surface area contributed by atoms with Crippen LogP contribution in [0.4, 0.5) is 4.39 Å². The number of hydrogen-bond donors (Lipinski definition) is 1. The SMILES string of the molecule is CCCC(CNC(C)C)Oc1ccc(F)cc1Cl. The molecule has 0 amide bonds. The fourth-order valence-corrected chi connectivity index (χ4v) is 1.85. The summed E-state index contributed by atoms with van der Waals surface area (Å²) in [6.07, 6.45) is 2.02. The summed E-state index contributed by atoms with van der Waals surface area (Å²) in [6, 6.07) is 4.63. The molecule has 1 aromatic carbocycles. The molecule has 0 saturated heterocycles. The lowest BCUT2D eigenvalue weighted by molar-refractivity contribution is 0.183. The molecule has 0 spiro atoms. The highest BCUT2D eigenvalue weighted by Crippen LogP contribution is 2.26. The predicted molar refractivity (Wildman–Crippen MR) is 73.9 cm³/mol. The minimum atomic E-state index is -0.348. The lowest BCUT2D eigenvalue weighted by Gasteiger charge is -2.21. The maximum absolute atomic E-state index is 12.9. The minimum absolute atomic E-state index is 0.0559. The van der Waals surface area contributed by atoms with Gasteiger partial charge in [-0.15, -0.1) is 0 Å². The van der Waals surface area contributed by atoms with Gasteiger partial charge in [0, 0.05) is 12.6 Å². The first kappa shape index (κ1) is 15.3. The van der Waals surface area contributed by atoms with Crippen molar-refractivity contribution < 1.29 is 9.13 Å². The van der Waals surface area contributed by atoms with Gasteiger partial charge in [-0.1, -0.05) is 38.8 Å². The van der Waals surface area contributed by atoms with E-state index in [1.54, 1.807) is 6.07 Å². The molecule has 1 unspecified atom stereocenters. The van der Waals surface area contributed by atoms with E-state index in [2.05, 4.69) is 26.1 Å². The van der Waals surface area contributed by atoms with Crippen molar-refractivity contribution in [2.24, 2.45) is 0 Å². The Bertz CT molecular complexity index is 371. The molecule has 0 aliphatic heterocycles. The fraction of sp³-hybridized carbons (Fsp3) is 0.571. The molecule has 1 atom stereocenters. The van der Waals surface area contributed by atoms with Gasteiger partial charge in [0.25, 0.3) is 0 Å². The van der Waals surface area contributed by atoms with Crippen molar-refractivity contribution in [3.05, 3.63) is 29.0 Å². The standard InChI is InChI=1S/C14H21ClFNO/c1-4-5-12(9-17-10(2)3)18-14-7-6-11(16)8-13(14)15/h6-8,10,12,17H,4-5,9H2,1-3H3. The molecule has 1 aromatic rings. The smallest absolute Gasteiger partial charge is 0.138 e. The van der Waals surface area contributed by atoms with Crippen molar-refractivity contribution in [1.29, 1.82) is 0 Å². The topological polar surface area (TPSA) is 21.3 Å². The van der Waals surface area contributed by atoms with Gasteiger partial charge >= 0.3 is 0 Å². The lowest BCUT2D eigenvalue weighted by Crippen LogP contribution is -2.35. The summed E-state index contributed by atoms with van der Waals surface area (Å²) in [5, 5.41) is 3.66. The van der Waals surface area contributed by atoms with Crippen LogP contribution in [0.2, 0.25) is 5.02 Å². The molecule has 1 N–H and O–H groups in total. The van der Waals surface area contributed by atoms with Crippen LogP contribution in [0.25, 0.3) is 0 Å². The Morgan fingerprint density at radius 2 is 2.11 bits per heavy atom. The molecule has 0 heterocycles. The number of rotatable bonds is 7. The first-order valence-corrected chi connectivity index (χ1v) is 6.75. The highest BCUT2D eigenvalue weighted by molar-refractivity contribution is 6.32. The maximum Gasteiger partial charge on any atom is 0.138 e. The Kier molecular flexibility index (Phi) is 6.44. The lowest BCUT2D eigenvalue weighted by atomic mass is 10.2. The summed E-state index contributed by atoms with van der Waals surface area (Å²) < 4.78 is 18.8. The summed E-state index contributed by atoms with van der Waals surface area (Å²) in [6.45, 7) is 7.05. The summed E-state index contributed by atoms with van der Waals surface area (Å²) in [5.41, 5.74) is 0. The van der Waals surface area contributed by atoms with Crippen LogP contribution < -0.4 is 10.1 Å². The first-order valence-electron chi connectivity index (χ1n) is 6.38. The van der Waals surface area contributed by atoms with Gasteiger partial charge in [-0.3, -0.25) is 0 Å². The van der Waals surface area contributed by atoms with E-state index in [-0.39, 0.29) is 11.9 Å². The summed E-state index contributed by atoms with van der Waals surface area (Å²) >= 11 is 5.95. The van der Waals surface area contributed by atoms with Crippen LogP contribution in [-0.4, -0.2) is 18.7 Å². The van der Waals surface area contributed by atoms with E-state index in [4.69, 9.17) is 16.3 Å². The second-order valence-corrected chi connectivity index (χ2v) is 5.07. The number of hydrogen-bond acceptors (Lipinski definition) is 2. The van der Waals surface area contributed by atoms with Gasteiger partial charge in [-0.2, -0.15) is 0 Å². The summed E-state index contributed by atoms with van der Waals surface area (Å²) in [7, 11) is 0.